The fourth-order valence-corrected chi connectivity index (χ4v) is 2.80. The molecule has 0 radical (unpaired) electrons. The number of ether oxygens (including phenoxy) is 1. The lowest BCUT2D eigenvalue weighted by Crippen LogP contribution is -2.33. The summed E-state index contributed by atoms with van der Waals surface area (Å²) in [6, 6.07) is 9.20. The highest BCUT2D eigenvalue weighted by atomic mass is 32.1. The lowest BCUT2D eigenvalue weighted by atomic mass is 10.1. The summed E-state index contributed by atoms with van der Waals surface area (Å²) in [7, 11) is 1.55. The second kappa shape index (κ2) is 6.43. The first-order valence-electron chi connectivity index (χ1n) is 6.37. The van der Waals surface area contributed by atoms with Gasteiger partial charge in [-0.1, -0.05) is 6.07 Å². The average molecular weight is 290 g/mol. The van der Waals surface area contributed by atoms with E-state index in [4.69, 9.17) is 10.5 Å². The Kier molecular flexibility index (Phi) is 4.63. The molecule has 1 atom stereocenters. The standard InChI is InChI=1S/C15H18N2O2S/c1-10(8-12-4-3-7-20-12)17-15(18)11-5-6-14(19-2)13(16)9-11/h3-7,9-10H,8,16H2,1-2H3,(H,17,18). The molecule has 0 aliphatic rings. The Bertz CT molecular complexity index is 582. The van der Waals surface area contributed by atoms with Crippen molar-refractivity contribution in [2.45, 2.75) is 19.4 Å². The highest BCUT2D eigenvalue weighted by Gasteiger charge is 2.12. The summed E-state index contributed by atoms with van der Waals surface area (Å²) in [5.74, 6) is 0.455. The van der Waals surface area contributed by atoms with Gasteiger partial charge in [0, 0.05) is 22.9 Å². The molecule has 2 rings (SSSR count). The van der Waals surface area contributed by atoms with E-state index in [2.05, 4.69) is 11.4 Å². The molecule has 0 aliphatic carbocycles. The van der Waals surface area contributed by atoms with Crippen LogP contribution in [0.15, 0.2) is 35.7 Å². The van der Waals surface area contributed by atoms with Crippen LogP contribution in [0, 0.1) is 0 Å². The molecule has 20 heavy (non-hydrogen) atoms. The van der Waals surface area contributed by atoms with Crippen LogP contribution >= 0.6 is 11.3 Å². The Morgan fingerprint density at radius 2 is 2.25 bits per heavy atom. The summed E-state index contributed by atoms with van der Waals surface area (Å²) in [5, 5.41) is 5.01. The van der Waals surface area contributed by atoms with E-state index in [0.29, 0.717) is 17.0 Å². The molecule has 0 fully saturated rings. The predicted octanol–water partition coefficient (Wildman–Crippen LogP) is 2.70. The van der Waals surface area contributed by atoms with Crippen molar-refractivity contribution in [1.82, 2.24) is 5.32 Å². The van der Waals surface area contributed by atoms with Gasteiger partial charge in [-0.25, -0.2) is 0 Å². The molecule has 0 saturated carbocycles. The van der Waals surface area contributed by atoms with E-state index >= 15 is 0 Å². The fourth-order valence-electron chi connectivity index (χ4n) is 1.96. The maximum Gasteiger partial charge on any atom is 0.251 e. The average Bonchev–Trinajstić information content (AvgIpc) is 2.91. The van der Waals surface area contributed by atoms with Gasteiger partial charge in [-0.2, -0.15) is 0 Å². The number of nitrogens with two attached hydrogens (primary N) is 1. The Morgan fingerprint density at radius 3 is 2.85 bits per heavy atom. The summed E-state index contributed by atoms with van der Waals surface area (Å²) in [6.07, 6.45) is 0.828. The zero-order valence-electron chi connectivity index (χ0n) is 11.6. The number of carbonyl (C=O) groups is 1. The van der Waals surface area contributed by atoms with Crippen molar-refractivity contribution in [1.29, 1.82) is 0 Å². The largest absolute Gasteiger partial charge is 0.495 e. The minimum atomic E-state index is -0.122. The SMILES string of the molecule is COc1ccc(C(=O)NC(C)Cc2cccs2)cc1N. The van der Waals surface area contributed by atoms with E-state index in [1.165, 1.54) is 4.88 Å². The summed E-state index contributed by atoms with van der Waals surface area (Å²) in [6.45, 7) is 1.99. The van der Waals surface area contributed by atoms with Gasteiger partial charge in [0.15, 0.2) is 0 Å². The summed E-state index contributed by atoms with van der Waals surface area (Å²) < 4.78 is 5.08. The monoisotopic (exact) mass is 290 g/mol. The maximum absolute atomic E-state index is 12.1. The number of carbonyl (C=O) groups excluding carboxylic acids is 1. The quantitative estimate of drug-likeness (QED) is 0.832. The molecule has 0 saturated heterocycles. The first kappa shape index (κ1) is 14.4. The van der Waals surface area contributed by atoms with Crippen LogP contribution in [0.4, 0.5) is 5.69 Å². The normalized spacial score (nSPS) is 11.9. The van der Waals surface area contributed by atoms with Crippen molar-refractivity contribution >= 4 is 22.9 Å². The predicted molar refractivity (Wildman–Crippen MR) is 82.4 cm³/mol. The van der Waals surface area contributed by atoms with Crippen molar-refractivity contribution in [3.8, 4) is 5.75 Å². The zero-order valence-corrected chi connectivity index (χ0v) is 12.4. The van der Waals surface area contributed by atoms with E-state index < -0.39 is 0 Å². The van der Waals surface area contributed by atoms with E-state index in [1.54, 1.807) is 36.6 Å². The molecule has 0 bridgehead atoms. The number of rotatable bonds is 5. The number of thiophene rings is 1. The first-order valence-corrected chi connectivity index (χ1v) is 7.25. The Morgan fingerprint density at radius 1 is 1.45 bits per heavy atom. The third-order valence-corrected chi connectivity index (χ3v) is 3.86. The smallest absolute Gasteiger partial charge is 0.251 e. The minimum absolute atomic E-state index is 0.0736. The molecular weight excluding hydrogens is 272 g/mol. The molecule has 1 unspecified atom stereocenters. The number of methoxy groups -OCH3 is 1. The number of hydrogen-bond donors (Lipinski definition) is 2. The molecule has 5 heteroatoms. The van der Waals surface area contributed by atoms with Crippen LogP contribution in [0.5, 0.6) is 5.75 Å². The molecule has 0 aliphatic heterocycles. The number of benzene rings is 1. The van der Waals surface area contributed by atoms with Gasteiger partial charge in [-0.05, 0) is 36.6 Å². The van der Waals surface area contributed by atoms with Gasteiger partial charge in [0.25, 0.3) is 5.91 Å². The molecule has 1 aromatic heterocycles. The fraction of sp³-hybridized carbons (Fsp3) is 0.267. The van der Waals surface area contributed by atoms with Crippen molar-refractivity contribution in [2.75, 3.05) is 12.8 Å². The zero-order chi connectivity index (χ0) is 14.5. The first-order chi connectivity index (χ1) is 9.60. The highest BCUT2D eigenvalue weighted by Crippen LogP contribution is 2.22. The summed E-state index contributed by atoms with van der Waals surface area (Å²) >= 11 is 1.69. The number of amides is 1. The molecule has 106 valence electrons. The van der Waals surface area contributed by atoms with Crippen LogP contribution in [-0.2, 0) is 6.42 Å². The minimum Gasteiger partial charge on any atom is -0.495 e. The van der Waals surface area contributed by atoms with Gasteiger partial charge < -0.3 is 15.8 Å². The number of anilines is 1. The lowest BCUT2D eigenvalue weighted by molar-refractivity contribution is 0.0940. The van der Waals surface area contributed by atoms with Gasteiger partial charge in [0.1, 0.15) is 5.75 Å². The van der Waals surface area contributed by atoms with Crippen LogP contribution in [0.3, 0.4) is 0 Å². The van der Waals surface area contributed by atoms with E-state index in [1.807, 2.05) is 18.4 Å². The molecular formula is C15H18N2O2S. The van der Waals surface area contributed by atoms with Gasteiger partial charge in [-0.15, -0.1) is 11.3 Å². The molecule has 1 aromatic carbocycles. The van der Waals surface area contributed by atoms with E-state index in [9.17, 15) is 4.79 Å². The van der Waals surface area contributed by atoms with E-state index in [-0.39, 0.29) is 11.9 Å². The van der Waals surface area contributed by atoms with Crippen molar-refractivity contribution in [3.63, 3.8) is 0 Å². The van der Waals surface area contributed by atoms with Crippen molar-refractivity contribution in [3.05, 3.63) is 46.2 Å². The van der Waals surface area contributed by atoms with Crippen LogP contribution in [0.2, 0.25) is 0 Å². The molecule has 2 aromatic rings. The molecule has 1 heterocycles. The molecule has 1 amide bonds. The van der Waals surface area contributed by atoms with E-state index in [0.717, 1.165) is 6.42 Å². The topological polar surface area (TPSA) is 64.3 Å². The van der Waals surface area contributed by atoms with Gasteiger partial charge in [-0.3, -0.25) is 4.79 Å². The number of nitrogens with one attached hydrogen (secondary N) is 1. The van der Waals surface area contributed by atoms with Gasteiger partial charge >= 0.3 is 0 Å². The Balaban J connectivity index is 1.99. The van der Waals surface area contributed by atoms with Crippen LogP contribution in [-0.4, -0.2) is 19.1 Å². The molecule has 4 nitrogen and oxygen atoms in total. The summed E-state index contributed by atoms with van der Waals surface area (Å²) in [5.41, 5.74) is 6.81. The second-order valence-corrected chi connectivity index (χ2v) is 5.65. The Labute approximate surface area is 122 Å². The molecule has 3 N–H and O–H groups in total. The van der Waals surface area contributed by atoms with Crippen molar-refractivity contribution < 1.29 is 9.53 Å². The van der Waals surface area contributed by atoms with Crippen LogP contribution < -0.4 is 15.8 Å². The maximum atomic E-state index is 12.1. The number of nitrogen functional groups attached to an aromatic ring is 1. The lowest BCUT2D eigenvalue weighted by Gasteiger charge is -2.13. The molecule has 0 spiro atoms. The van der Waals surface area contributed by atoms with Crippen LogP contribution in [0.1, 0.15) is 22.2 Å². The van der Waals surface area contributed by atoms with Crippen LogP contribution in [0.25, 0.3) is 0 Å². The Hall–Kier alpha value is -2.01. The van der Waals surface area contributed by atoms with Gasteiger partial charge in [0.05, 0.1) is 12.8 Å². The summed E-state index contributed by atoms with van der Waals surface area (Å²) in [4.78, 5) is 13.4. The van der Waals surface area contributed by atoms with Crippen molar-refractivity contribution in [2.24, 2.45) is 0 Å². The second-order valence-electron chi connectivity index (χ2n) is 4.61. The number of hydrogen-bond acceptors (Lipinski definition) is 4. The highest BCUT2D eigenvalue weighted by molar-refractivity contribution is 7.09. The third-order valence-electron chi connectivity index (χ3n) is 2.96. The third kappa shape index (κ3) is 3.51. The van der Waals surface area contributed by atoms with Gasteiger partial charge in [0.2, 0.25) is 0 Å².